The van der Waals surface area contributed by atoms with E-state index < -0.39 is 0 Å². The molecule has 2 aliphatic rings. The van der Waals surface area contributed by atoms with E-state index in [1.54, 1.807) is 0 Å². The lowest BCUT2D eigenvalue weighted by Crippen LogP contribution is -2.35. The molecule has 23 heavy (non-hydrogen) atoms. The number of hydrogen-bond donors (Lipinski definition) is 2. The van der Waals surface area contributed by atoms with Crippen LogP contribution in [0.5, 0.6) is 0 Å². The first kappa shape index (κ1) is 16.0. The van der Waals surface area contributed by atoms with Crippen LogP contribution in [0.2, 0.25) is 0 Å². The van der Waals surface area contributed by atoms with Crippen LogP contribution in [0.15, 0.2) is 24.3 Å². The van der Waals surface area contributed by atoms with Gasteiger partial charge in [-0.1, -0.05) is 31.2 Å². The predicted octanol–water partition coefficient (Wildman–Crippen LogP) is 2.31. The van der Waals surface area contributed by atoms with Crippen molar-refractivity contribution in [3.8, 4) is 0 Å². The van der Waals surface area contributed by atoms with Crippen LogP contribution in [0.1, 0.15) is 43.7 Å². The van der Waals surface area contributed by atoms with Crippen molar-refractivity contribution in [2.75, 3.05) is 13.1 Å². The summed E-state index contributed by atoms with van der Waals surface area (Å²) in [6, 6.07) is 8.42. The van der Waals surface area contributed by atoms with Crippen LogP contribution in [-0.2, 0) is 15.0 Å². The van der Waals surface area contributed by atoms with Crippen molar-refractivity contribution in [1.29, 1.82) is 0 Å². The molecule has 0 bridgehead atoms. The number of rotatable bonds is 7. The van der Waals surface area contributed by atoms with E-state index in [9.17, 15) is 9.59 Å². The average molecular weight is 314 g/mol. The van der Waals surface area contributed by atoms with Crippen LogP contribution in [-0.4, -0.2) is 24.9 Å². The Morgan fingerprint density at radius 3 is 2.52 bits per heavy atom. The van der Waals surface area contributed by atoms with Gasteiger partial charge in [0.1, 0.15) is 0 Å². The van der Waals surface area contributed by atoms with Crippen LogP contribution in [0.25, 0.3) is 0 Å². The summed E-state index contributed by atoms with van der Waals surface area (Å²) < 4.78 is 0. The first-order valence-corrected chi connectivity index (χ1v) is 8.62. The molecule has 2 atom stereocenters. The maximum atomic E-state index is 12.0. The van der Waals surface area contributed by atoms with Crippen molar-refractivity contribution in [2.45, 2.75) is 44.9 Å². The summed E-state index contributed by atoms with van der Waals surface area (Å²) in [6.07, 6.45) is 3.61. The Hall–Kier alpha value is -1.84. The normalized spacial score (nSPS) is 23.9. The van der Waals surface area contributed by atoms with Gasteiger partial charge in [-0.05, 0) is 43.2 Å². The summed E-state index contributed by atoms with van der Waals surface area (Å²) in [6.45, 7) is 5.35. The molecule has 2 fully saturated rings. The second-order valence-corrected chi connectivity index (χ2v) is 7.23. The summed E-state index contributed by atoms with van der Waals surface area (Å²) in [5, 5.41) is 5.91. The molecule has 3 rings (SSSR count). The van der Waals surface area contributed by atoms with Gasteiger partial charge in [0.05, 0.1) is 0 Å². The third-order valence-electron chi connectivity index (χ3n) is 5.29. The molecule has 4 heteroatoms. The molecule has 0 aliphatic heterocycles. The first-order valence-electron chi connectivity index (χ1n) is 8.62. The molecule has 2 N–H and O–H groups in total. The standard InChI is InChI=1S/C19H26N2O2/c1-13-5-3-4-6-16(13)19(8-9-19)12-21-17(22)7-10-20-18(23)15-11-14(15)2/h3-6,14-15H,7-12H2,1-2H3,(H,20,23)(H,21,22)/t14-,15+/m0/s1. The van der Waals surface area contributed by atoms with E-state index in [1.165, 1.54) is 11.1 Å². The van der Waals surface area contributed by atoms with E-state index in [0.29, 0.717) is 25.4 Å². The number of amides is 2. The molecule has 4 nitrogen and oxygen atoms in total. The molecule has 2 amide bonds. The first-order chi connectivity index (χ1) is 11.0. The van der Waals surface area contributed by atoms with E-state index in [0.717, 1.165) is 19.3 Å². The fourth-order valence-electron chi connectivity index (χ4n) is 3.33. The number of hydrogen-bond acceptors (Lipinski definition) is 2. The SMILES string of the molecule is Cc1ccccc1C1(CNC(=O)CCNC(=O)[C@@H]2C[C@@H]2C)CC1. The number of benzene rings is 1. The highest BCUT2D eigenvalue weighted by molar-refractivity contribution is 5.82. The third kappa shape index (κ3) is 3.74. The Morgan fingerprint density at radius 2 is 1.91 bits per heavy atom. The molecular weight excluding hydrogens is 288 g/mol. The van der Waals surface area contributed by atoms with Crippen molar-refractivity contribution in [3.63, 3.8) is 0 Å². The van der Waals surface area contributed by atoms with Gasteiger partial charge in [0.25, 0.3) is 0 Å². The van der Waals surface area contributed by atoms with Gasteiger partial charge in [-0.15, -0.1) is 0 Å². The average Bonchev–Trinajstić information content (AvgIpc) is 3.43. The van der Waals surface area contributed by atoms with Crippen molar-refractivity contribution >= 4 is 11.8 Å². The Morgan fingerprint density at radius 1 is 1.22 bits per heavy atom. The van der Waals surface area contributed by atoms with E-state index in [-0.39, 0.29) is 23.1 Å². The third-order valence-corrected chi connectivity index (χ3v) is 5.29. The van der Waals surface area contributed by atoms with Gasteiger partial charge in [-0.25, -0.2) is 0 Å². The van der Waals surface area contributed by atoms with Gasteiger partial charge < -0.3 is 10.6 Å². The Kier molecular flexibility index (Phi) is 4.42. The molecule has 0 saturated heterocycles. The molecular formula is C19H26N2O2. The molecule has 0 aromatic heterocycles. The molecule has 2 aliphatic carbocycles. The zero-order chi connectivity index (χ0) is 16.4. The minimum absolute atomic E-state index is 0.0222. The summed E-state index contributed by atoms with van der Waals surface area (Å²) in [5.41, 5.74) is 2.79. The topological polar surface area (TPSA) is 58.2 Å². The predicted molar refractivity (Wildman–Crippen MR) is 90.0 cm³/mol. The second-order valence-electron chi connectivity index (χ2n) is 7.23. The zero-order valence-electron chi connectivity index (χ0n) is 14.0. The van der Waals surface area contributed by atoms with Gasteiger partial charge in [0.2, 0.25) is 11.8 Å². The number of carbonyl (C=O) groups excluding carboxylic acids is 2. The maximum Gasteiger partial charge on any atom is 0.223 e. The highest BCUT2D eigenvalue weighted by atomic mass is 16.2. The monoisotopic (exact) mass is 314 g/mol. The summed E-state index contributed by atoms with van der Waals surface area (Å²) >= 11 is 0. The second kappa shape index (κ2) is 6.34. The molecule has 1 aromatic carbocycles. The number of aryl methyl sites for hydroxylation is 1. The fraction of sp³-hybridized carbons (Fsp3) is 0.579. The van der Waals surface area contributed by atoms with Gasteiger partial charge in [0, 0.05) is 30.8 Å². The van der Waals surface area contributed by atoms with Crippen LogP contribution in [0.3, 0.4) is 0 Å². The lowest BCUT2D eigenvalue weighted by Gasteiger charge is -2.19. The van der Waals surface area contributed by atoms with Crippen LogP contribution in [0.4, 0.5) is 0 Å². The van der Waals surface area contributed by atoms with Crippen molar-refractivity contribution < 1.29 is 9.59 Å². The smallest absolute Gasteiger partial charge is 0.223 e. The van der Waals surface area contributed by atoms with Gasteiger partial charge in [-0.3, -0.25) is 9.59 Å². The lowest BCUT2D eigenvalue weighted by molar-refractivity contribution is -0.123. The van der Waals surface area contributed by atoms with E-state index in [1.807, 2.05) is 0 Å². The Labute approximate surface area is 138 Å². The minimum Gasteiger partial charge on any atom is -0.355 e. The van der Waals surface area contributed by atoms with Gasteiger partial charge >= 0.3 is 0 Å². The number of carbonyl (C=O) groups is 2. The Balaban J connectivity index is 1.41. The fourth-order valence-corrected chi connectivity index (χ4v) is 3.33. The van der Waals surface area contributed by atoms with Crippen LogP contribution < -0.4 is 10.6 Å². The molecule has 0 radical (unpaired) electrons. The van der Waals surface area contributed by atoms with Crippen molar-refractivity contribution in [1.82, 2.24) is 10.6 Å². The highest BCUT2D eigenvalue weighted by Crippen LogP contribution is 2.48. The molecule has 0 spiro atoms. The van der Waals surface area contributed by atoms with Crippen molar-refractivity contribution in [2.24, 2.45) is 11.8 Å². The van der Waals surface area contributed by atoms with E-state index >= 15 is 0 Å². The number of nitrogens with one attached hydrogen (secondary N) is 2. The summed E-state index contributed by atoms with van der Waals surface area (Å²) in [5.74, 6) is 0.805. The maximum absolute atomic E-state index is 12.0. The highest BCUT2D eigenvalue weighted by Gasteiger charge is 2.45. The van der Waals surface area contributed by atoms with Gasteiger partial charge in [-0.2, -0.15) is 0 Å². The molecule has 0 heterocycles. The van der Waals surface area contributed by atoms with Gasteiger partial charge in [0.15, 0.2) is 0 Å². The molecule has 124 valence electrons. The molecule has 0 unspecified atom stereocenters. The largest absolute Gasteiger partial charge is 0.355 e. The quantitative estimate of drug-likeness (QED) is 0.811. The Bertz CT molecular complexity index is 607. The molecule has 2 saturated carbocycles. The minimum atomic E-state index is 0.0222. The zero-order valence-corrected chi connectivity index (χ0v) is 14.0. The van der Waals surface area contributed by atoms with E-state index in [2.05, 4.69) is 48.7 Å². The summed E-state index contributed by atoms with van der Waals surface area (Å²) in [7, 11) is 0. The summed E-state index contributed by atoms with van der Waals surface area (Å²) in [4.78, 5) is 23.7. The van der Waals surface area contributed by atoms with E-state index in [4.69, 9.17) is 0 Å². The lowest BCUT2D eigenvalue weighted by atomic mass is 9.92. The van der Waals surface area contributed by atoms with Crippen molar-refractivity contribution in [3.05, 3.63) is 35.4 Å². The van der Waals surface area contributed by atoms with Crippen LogP contribution >= 0.6 is 0 Å². The molecule has 1 aromatic rings. The van der Waals surface area contributed by atoms with Crippen LogP contribution in [0, 0.1) is 18.8 Å².